The monoisotopic (exact) mass is 209 g/mol. The van der Waals surface area contributed by atoms with Gasteiger partial charge >= 0.3 is 0 Å². The molecule has 2 nitrogen and oxygen atoms in total. The van der Waals surface area contributed by atoms with Crippen LogP contribution in [0.5, 0.6) is 0 Å². The Hall–Kier alpha value is -0.753. The third kappa shape index (κ3) is 2.62. The Morgan fingerprint density at radius 2 is 2.00 bits per heavy atom. The Balaban J connectivity index is 2.53. The number of carbonyl (C=O) groups excluding carboxylic acids is 1. The fraction of sp³-hybridized carbons (Fsp3) is 0.727. The number of rotatable bonds is 1. The van der Waals surface area contributed by atoms with Gasteiger partial charge in [-0.25, -0.2) is 0 Å². The Bertz CT molecular complexity index is 293. The van der Waals surface area contributed by atoms with Gasteiger partial charge in [0, 0.05) is 32.3 Å². The van der Waals surface area contributed by atoms with Gasteiger partial charge in [-0.1, -0.05) is 19.0 Å². The molecule has 0 saturated carbocycles. The van der Waals surface area contributed by atoms with E-state index in [4.69, 9.17) is 0 Å². The molecule has 1 amide bonds. The number of likely N-dealkylation sites (tertiary alicyclic amines) is 1. The maximum absolute atomic E-state index is 11.6. The van der Waals surface area contributed by atoms with Crippen LogP contribution in [0.2, 0.25) is 18.6 Å². The van der Waals surface area contributed by atoms with Gasteiger partial charge in [-0.3, -0.25) is 9.69 Å². The fourth-order valence-electron chi connectivity index (χ4n) is 1.28. The first kappa shape index (κ1) is 11.3. The molecule has 1 saturated heterocycles. The second-order valence-electron chi connectivity index (χ2n) is 5.29. The topological polar surface area (TPSA) is 20.3 Å². The van der Waals surface area contributed by atoms with Crippen LogP contribution in [0, 0.1) is 17.4 Å². The van der Waals surface area contributed by atoms with E-state index in [0.29, 0.717) is 5.54 Å². The summed E-state index contributed by atoms with van der Waals surface area (Å²) in [7, 11) is -0.800. The lowest BCUT2D eigenvalue weighted by Crippen LogP contribution is -2.50. The lowest BCUT2D eigenvalue weighted by atomic mass is 9.98. The van der Waals surface area contributed by atoms with Gasteiger partial charge in [0.05, 0.1) is 0 Å². The van der Waals surface area contributed by atoms with Crippen molar-refractivity contribution >= 4 is 14.7 Å². The van der Waals surface area contributed by atoms with Gasteiger partial charge < -0.3 is 0 Å². The second-order valence-corrected chi connectivity index (χ2v) is 8.58. The van der Waals surface area contributed by atoms with Gasteiger partial charge in [0.25, 0.3) is 0 Å². The fourth-order valence-corrected chi connectivity index (χ4v) is 2.67. The Labute approximate surface area is 88.3 Å². The molecule has 0 spiro atoms. The maximum atomic E-state index is 11.6. The highest BCUT2D eigenvalue weighted by molar-refractivity contribution is 6.62. The van der Waals surface area contributed by atoms with E-state index in [2.05, 4.69) is 45.8 Å². The van der Waals surface area contributed by atoms with Crippen LogP contribution in [0.4, 0.5) is 0 Å². The van der Waals surface area contributed by atoms with Gasteiger partial charge in [-0.2, -0.15) is 0 Å². The lowest BCUT2D eigenvalue weighted by molar-refractivity contribution is -0.135. The zero-order valence-corrected chi connectivity index (χ0v) is 10.9. The van der Waals surface area contributed by atoms with E-state index >= 15 is 0 Å². The zero-order valence-electron chi connectivity index (χ0n) is 9.72. The number of β-lactam (4-membered cyclic amide) rings is 1. The summed E-state index contributed by atoms with van der Waals surface area (Å²) in [5, 5.41) is 0. The summed E-state index contributed by atoms with van der Waals surface area (Å²) in [4.78, 5) is 13.2. The largest absolute Gasteiger partial charge is 0.274 e. The van der Waals surface area contributed by atoms with Gasteiger partial charge in [0.2, 0.25) is 5.91 Å². The normalized spacial score (nSPS) is 21.7. The SMILES string of the molecule is C[SiH](C)[C@H]1CN(C#CC(C)(C)C)C1=O. The number of carbonyl (C=O) groups is 1. The molecule has 0 aromatic heterocycles. The molecule has 1 aliphatic rings. The molecular weight excluding hydrogens is 190 g/mol. The van der Waals surface area contributed by atoms with Crippen molar-refractivity contribution in [2.75, 3.05) is 6.54 Å². The number of amides is 1. The predicted molar refractivity (Wildman–Crippen MR) is 61.6 cm³/mol. The van der Waals surface area contributed by atoms with Crippen molar-refractivity contribution < 1.29 is 4.79 Å². The summed E-state index contributed by atoms with van der Waals surface area (Å²) in [5.74, 6) is 3.34. The molecule has 0 radical (unpaired) electrons. The number of hydrogen-bond acceptors (Lipinski definition) is 1. The molecule has 78 valence electrons. The minimum Gasteiger partial charge on any atom is -0.274 e. The molecule has 0 aromatic carbocycles. The van der Waals surface area contributed by atoms with Crippen molar-refractivity contribution in [2.45, 2.75) is 39.4 Å². The molecule has 0 aromatic rings. The summed E-state index contributed by atoms with van der Waals surface area (Å²) in [5.41, 5.74) is 0.324. The van der Waals surface area contributed by atoms with Gasteiger partial charge in [0.15, 0.2) is 0 Å². The van der Waals surface area contributed by atoms with Crippen LogP contribution >= 0.6 is 0 Å². The lowest BCUT2D eigenvalue weighted by Gasteiger charge is -2.36. The first-order chi connectivity index (χ1) is 6.31. The van der Waals surface area contributed by atoms with E-state index in [1.54, 1.807) is 4.90 Å². The summed E-state index contributed by atoms with van der Waals surface area (Å²) < 4.78 is 0. The molecule has 0 aliphatic carbocycles. The van der Waals surface area contributed by atoms with Gasteiger partial charge in [0.1, 0.15) is 0 Å². The van der Waals surface area contributed by atoms with Crippen molar-refractivity contribution in [2.24, 2.45) is 5.41 Å². The summed E-state index contributed by atoms with van der Waals surface area (Å²) in [6.45, 7) is 11.5. The highest BCUT2D eigenvalue weighted by Gasteiger charge is 2.38. The smallest absolute Gasteiger partial charge is 0.235 e. The van der Waals surface area contributed by atoms with Gasteiger partial charge in [-0.15, -0.1) is 0 Å². The molecule has 0 unspecified atom stereocenters. The molecule has 1 atom stereocenters. The molecule has 0 N–H and O–H groups in total. The van der Waals surface area contributed by atoms with Crippen LogP contribution < -0.4 is 0 Å². The predicted octanol–water partition coefficient (Wildman–Crippen LogP) is 1.69. The molecule has 1 heterocycles. The van der Waals surface area contributed by atoms with E-state index < -0.39 is 8.80 Å². The van der Waals surface area contributed by atoms with Crippen molar-refractivity contribution in [1.82, 2.24) is 4.90 Å². The van der Waals surface area contributed by atoms with Crippen molar-refractivity contribution in [3.8, 4) is 12.0 Å². The standard InChI is InChI=1S/C11H19NOSi/c1-11(2,3)6-7-12-8-9(10(12)13)14(4)5/h9,14H,8H2,1-5H3/t9-/m0/s1. The average molecular weight is 209 g/mol. The Morgan fingerprint density at radius 1 is 1.43 bits per heavy atom. The third-order valence-electron chi connectivity index (χ3n) is 2.33. The molecule has 0 bridgehead atoms. The van der Waals surface area contributed by atoms with Crippen LogP contribution in [-0.2, 0) is 4.79 Å². The highest BCUT2D eigenvalue weighted by atomic mass is 28.3. The quantitative estimate of drug-likeness (QED) is 0.366. The number of nitrogens with zero attached hydrogens (tertiary/aromatic N) is 1. The molecule has 14 heavy (non-hydrogen) atoms. The highest BCUT2D eigenvalue weighted by Crippen LogP contribution is 2.25. The van der Waals surface area contributed by atoms with Crippen molar-refractivity contribution in [3.05, 3.63) is 0 Å². The average Bonchev–Trinajstić information content (AvgIpc) is 1.98. The Kier molecular flexibility index (Phi) is 3.06. The second kappa shape index (κ2) is 3.78. The van der Waals surface area contributed by atoms with Gasteiger partial charge in [-0.05, 0) is 20.8 Å². The van der Waals surface area contributed by atoms with E-state index in [9.17, 15) is 4.79 Å². The zero-order chi connectivity index (χ0) is 10.9. The summed E-state index contributed by atoms with van der Waals surface area (Å²) >= 11 is 0. The maximum Gasteiger partial charge on any atom is 0.235 e. The van der Waals surface area contributed by atoms with Crippen molar-refractivity contribution in [3.63, 3.8) is 0 Å². The van der Waals surface area contributed by atoms with E-state index in [0.717, 1.165) is 6.54 Å². The van der Waals surface area contributed by atoms with Crippen LogP contribution in [0.3, 0.4) is 0 Å². The molecule has 3 heteroatoms. The van der Waals surface area contributed by atoms with Crippen LogP contribution in [0.25, 0.3) is 0 Å². The Morgan fingerprint density at radius 3 is 2.36 bits per heavy atom. The molecule has 1 rings (SSSR count). The van der Waals surface area contributed by atoms with E-state index in [1.165, 1.54) is 0 Å². The third-order valence-corrected chi connectivity index (χ3v) is 4.44. The molecule has 1 aliphatic heterocycles. The first-order valence-electron chi connectivity index (χ1n) is 5.15. The minimum atomic E-state index is -0.800. The summed E-state index contributed by atoms with van der Waals surface area (Å²) in [6.07, 6.45) is 0. The summed E-state index contributed by atoms with van der Waals surface area (Å²) in [6, 6.07) is 2.95. The van der Waals surface area contributed by atoms with E-state index in [-0.39, 0.29) is 11.3 Å². The number of hydrogen-bond donors (Lipinski definition) is 0. The first-order valence-corrected chi connectivity index (χ1v) is 8.13. The van der Waals surface area contributed by atoms with Crippen LogP contribution in [0.15, 0.2) is 0 Å². The molecular formula is C11H19NOSi. The van der Waals surface area contributed by atoms with E-state index in [1.807, 2.05) is 0 Å². The minimum absolute atomic E-state index is 0.0133. The van der Waals surface area contributed by atoms with Crippen molar-refractivity contribution in [1.29, 1.82) is 0 Å². The molecule has 1 fully saturated rings. The van der Waals surface area contributed by atoms with Crippen LogP contribution in [-0.4, -0.2) is 26.1 Å². The van der Waals surface area contributed by atoms with Crippen LogP contribution in [0.1, 0.15) is 20.8 Å².